The average Bonchev–Trinajstić information content (AvgIpc) is 2.99. The SMILES string of the molecule is CON(C)C(=O)C1CCCN(C(=O)c2cccs2)C1. The molecule has 0 radical (unpaired) electrons. The van der Waals surface area contributed by atoms with Crippen LogP contribution >= 0.6 is 11.3 Å². The smallest absolute Gasteiger partial charge is 0.263 e. The molecule has 1 unspecified atom stereocenters. The zero-order valence-electron chi connectivity index (χ0n) is 11.2. The van der Waals surface area contributed by atoms with Crippen LogP contribution in [0.15, 0.2) is 17.5 Å². The summed E-state index contributed by atoms with van der Waals surface area (Å²) in [7, 11) is 3.07. The summed E-state index contributed by atoms with van der Waals surface area (Å²) in [6.07, 6.45) is 1.66. The number of amides is 2. The molecule has 0 spiro atoms. The molecule has 0 bridgehead atoms. The molecule has 6 heteroatoms. The third-order valence-corrected chi connectivity index (χ3v) is 4.23. The van der Waals surface area contributed by atoms with Crippen LogP contribution in [-0.4, -0.2) is 49.0 Å². The Morgan fingerprint density at radius 1 is 1.53 bits per heavy atom. The first-order chi connectivity index (χ1) is 9.13. The van der Waals surface area contributed by atoms with E-state index in [4.69, 9.17) is 4.84 Å². The van der Waals surface area contributed by atoms with E-state index in [1.165, 1.54) is 23.5 Å². The number of likely N-dealkylation sites (tertiary alicyclic amines) is 1. The summed E-state index contributed by atoms with van der Waals surface area (Å²) in [5.41, 5.74) is 0. The van der Waals surface area contributed by atoms with Gasteiger partial charge in [0.25, 0.3) is 11.8 Å². The van der Waals surface area contributed by atoms with Gasteiger partial charge in [0.2, 0.25) is 0 Å². The van der Waals surface area contributed by atoms with Gasteiger partial charge in [0, 0.05) is 20.1 Å². The molecule has 2 amide bonds. The zero-order valence-corrected chi connectivity index (χ0v) is 12.0. The fourth-order valence-corrected chi connectivity index (χ4v) is 2.96. The third-order valence-electron chi connectivity index (χ3n) is 3.37. The number of hydroxylamine groups is 2. The van der Waals surface area contributed by atoms with Gasteiger partial charge >= 0.3 is 0 Å². The van der Waals surface area contributed by atoms with E-state index in [-0.39, 0.29) is 17.7 Å². The first-order valence-electron chi connectivity index (χ1n) is 6.28. The Labute approximate surface area is 116 Å². The molecular weight excluding hydrogens is 264 g/mol. The highest BCUT2D eigenvalue weighted by Gasteiger charge is 2.30. The molecule has 2 heterocycles. The second kappa shape index (κ2) is 6.16. The topological polar surface area (TPSA) is 49.9 Å². The predicted octanol–water partition coefficient (Wildman–Crippen LogP) is 1.62. The van der Waals surface area contributed by atoms with E-state index in [1.54, 1.807) is 11.9 Å². The number of thiophene rings is 1. The maximum atomic E-state index is 12.2. The fourth-order valence-electron chi connectivity index (χ4n) is 2.27. The summed E-state index contributed by atoms with van der Waals surface area (Å²) in [4.78, 5) is 31.7. The number of nitrogens with zero attached hydrogens (tertiary/aromatic N) is 2. The van der Waals surface area contributed by atoms with Crippen LogP contribution in [0.1, 0.15) is 22.5 Å². The van der Waals surface area contributed by atoms with Gasteiger partial charge < -0.3 is 4.90 Å². The summed E-state index contributed by atoms with van der Waals surface area (Å²) in [6.45, 7) is 1.19. The summed E-state index contributed by atoms with van der Waals surface area (Å²) in [6, 6.07) is 3.68. The molecule has 1 aliphatic heterocycles. The predicted molar refractivity (Wildman–Crippen MR) is 72.7 cm³/mol. The van der Waals surface area contributed by atoms with Crippen molar-refractivity contribution in [2.45, 2.75) is 12.8 Å². The molecule has 19 heavy (non-hydrogen) atoms. The van der Waals surface area contributed by atoms with Crippen molar-refractivity contribution in [3.05, 3.63) is 22.4 Å². The molecule has 0 saturated carbocycles. The Hall–Kier alpha value is -1.40. The molecule has 104 valence electrons. The Kier molecular flexibility index (Phi) is 4.55. The molecule has 1 fully saturated rings. The van der Waals surface area contributed by atoms with Crippen LogP contribution in [0.2, 0.25) is 0 Å². The Balaban J connectivity index is 2.01. The van der Waals surface area contributed by atoms with Crippen molar-refractivity contribution in [3.63, 3.8) is 0 Å². The molecule has 0 aromatic carbocycles. The lowest BCUT2D eigenvalue weighted by Gasteiger charge is -2.33. The van der Waals surface area contributed by atoms with E-state index in [1.807, 2.05) is 17.5 Å². The standard InChI is InChI=1S/C13H18N2O3S/c1-14(18-2)12(16)10-5-3-7-15(9-10)13(17)11-6-4-8-19-11/h4,6,8,10H,3,5,7,9H2,1-2H3. The highest BCUT2D eigenvalue weighted by atomic mass is 32.1. The van der Waals surface area contributed by atoms with Crippen LogP contribution in [0.3, 0.4) is 0 Å². The molecule has 2 rings (SSSR count). The first-order valence-corrected chi connectivity index (χ1v) is 7.16. The van der Waals surface area contributed by atoms with Crippen molar-refractivity contribution < 1.29 is 14.4 Å². The molecule has 1 aromatic rings. The van der Waals surface area contributed by atoms with Gasteiger partial charge in [-0.05, 0) is 24.3 Å². The highest BCUT2D eigenvalue weighted by Crippen LogP contribution is 2.21. The van der Waals surface area contributed by atoms with Crippen LogP contribution in [0, 0.1) is 5.92 Å². The number of carbonyl (C=O) groups excluding carboxylic acids is 2. The second-order valence-corrected chi connectivity index (χ2v) is 5.53. The van der Waals surface area contributed by atoms with Gasteiger partial charge in [-0.25, -0.2) is 5.06 Å². The maximum Gasteiger partial charge on any atom is 0.263 e. The van der Waals surface area contributed by atoms with Gasteiger partial charge in [-0.15, -0.1) is 11.3 Å². The number of carbonyl (C=O) groups is 2. The minimum absolute atomic E-state index is 0.0209. The molecule has 1 aliphatic rings. The van der Waals surface area contributed by atoms with Crippen molar-refractivity contribution >= 4 is 23.2 Å². The molecule has 1 aromatic heterocycles. The largest absolute Gasteiger partial charge is 0.337 e. The number of hydrogen-bond acceptors (Lipinski definition) is 4. The van der Waals surface area contributed by atoms with Crippen molar-refractivity contribution in [1.82, 2.24) is 9.96 Å². The van der Waals surface area contributed by atoms with Crippen LogP contribution in [0.5, 0.6) is 0 Å². The van der Waals surface area contributed by atoms with Crippen LogP contribution in [-0.2, 0) is 9.63 Å². The van der Waals surface area contributed by atoms with Gasteiger partial charge in [0.15, 0.2) is 0 Å². The van der Waals surface area contributed by atoms with Crippen molar-refractivity contribution in [3.8, 4) is 0 Å². The minimum atomic E-state index is -0.164. The lowest BCUT2D eigenvalue weighted by atomic mass is 9.97. The normalized spacial score (nSPS) is 19.3. The van der Waals surface area contributed by atoms with Crippen LogP contribution in [0.4, 0.5) is 0 Å². The number of rotatable bonds is 3. The van der Waals surface area contributed by atoms with Crippen LogP contribution < -0.4 is 0 Å². The molecule has 0 aliphatic carbocycles. The van der Waals surface area contributed by atoms with Gasteiger partial charge in [-0.2, -0.15) is 0 Å². The van der Waals surface area contributed by atoms with E-state index in [9.17, 15) is 9.59 Å². The molecule has 1 atom stereocenters. The Bertz CT molecular complexity index is 447. The summed E-state index contributed by atoms with van der Waals surface area (Å²) in [5, 5.41) is 3.13. The third kappa shape index (κ3) is 3.13. The Morgan fingerprint density at radius 3 is 2.95 bits per heavy atom. The van der Waals surface area contributed by atoms with E-state index < -0.39 is 0 Å². The van der Waals surface area contributed by atoms with Crippen LogP contribution in [0.25, 0.3) is 0 Å². The molecular formula is C13H18N2O3S. The monoisotopic (exact) mass is 282 g/mol. The van der Waals surface area contributed by atoms with E-state index >= 15 is 0 Å². The first kappa shape index (κ1) is 14.0. The number of hydrogen-bond donors (Lipinski definition) is 0. The van der Waals surface area contributed by atoms with Crippen molar-refractivity contribution in [2.75, 3.05) is 27.2 Å². The minimum Gasteiger partial charge on any atom is -0.337 e. The highest BCUT2D eigenvalue weighted by molar-refractivity contribution is 7.12. The Morgan fingerprint density at radius 2 is 2.32 bits per heavy atom. The van der Waals surface area contributed by atoms with Gasteiger partial charge in [-0.3, -0.25) is 14.4 Å². The fraction of sp³-hybridized carbons (Fsp3) is 0.538. The second-order valence-electron chi connectivity index (χ2n) is 4.59. The molecule has 0 N–H and O–H groups in total. The summed E-state index contributed by atoms with van der Waals surface area (Å²) < 4.78 is 0. The lowest BCUT2D eigenvalue weighted by Crippen LogP contribution is -2.45. The zero-order chi connectivity index (χ0) is 13.8. The van der Waals surface area contributed by atoms with E-state index in [0.29, 0.717) is 6.54 Å². The molecule has 5 nitrogen and oxygen atoms in total. The van der Waals surface area contributed by atoms with Gasteiger partial charge in [-0.1, -0.05) is 6.07 Å². The van der Waals surface area contributed by atoms with Gasteiger partial charge in [0.1, 0.15) is 0 Å². The van der Waals surface area contributed by atoms with E-state index in [0.717, 1.165) is 24.3 Å². The lowest BCUT2D eigenvalue weighted by molar-refractivity contribution is -0.174. The quantitative estimate of drug-likeness (QED) is 0.792. The van der Waals surface area contributed by atoms with Crippen molar-refractivity contribution in [1.29, 1.82) is 0 Å². The van der Waals surface area contributed by atoms with E-state index in [2.05, 4.69) is 0 Å². The van der Waals surface area contributed by atoms with Gasteiger partial charge in [0.05, 0.1) is 17.9 Å². The summed E-state index contributed by atoms with van der Waals surface area (Å²) in [5.74, 6) is -0.207. The molecule has 1 saturated heterocycles. The van der Waals surface area contributed by atoms with Crippen molar-refractivity contribution in [2.24, 2.45) is 5.92 Å². The number of piperidine rings is 1. The maximum absolute atomic E-state index is 12.2. The summed E-state index contributed by atoms with van der Waals surface area (Å²) >= 11 is 1.43. The average molecular weight is 282 g/mol.